The molecule has 7 aromatic carbocycles. The van der Waals surface area contributed by atoms with Crippen LogP contribution in [0.2, 0.25) is 0 Å². The number of nitrogens with zero attached hydrogens (tertiary/aromatic N) is 1. The van der Waals surface area contributed by atoms with Crippen LogP contribution in [0.1, 0.15) is 31.9 Å². The van der Waals surface area contributed by atoms with Gasteiger partial charge in [-0.05, 0) is 76.5 Å². The molecule has 1 aliphatic rings. The van der Waals surface area contributed by atoms with Gasteiger partial charge < -0.3 is 14.3 Å². The van der Waals surface area contributed by atoms with Gasteiger partial charge in [-0.25, -0.2) is 0 Å². The second kappa shape index (κ2) is 11.9. The lowest BCUT2D eigenvalue weighted by Gasteiger charge is -2.24. The van der Waals surface area contributed by atoms with Crippen LogP contribution in [-0.2, 0) is 5.41 Å². The van der Waals surface area contributed by atoms with Crippen molar-refractivity contribution in [1.29, 1.82) is 0 Å². The summed E-state index contributed by atoms with van der Waals surface area (Å²) >= 11 is 0. The molecule has 0 spiro atoms. The van der Waals surface area contributed by atoms with E-state index in [4.69, 9.17) is 4.42 Å². The number of furan rings is 1. The second-order valence-electron chi connectivity index (χ2n) is 15.5. The van der Waals surface area contributed by atoms with E-state index in [-0.39, 0.29) is 5.41 Å². The fourth-order valence-corrected chi connectivity index (χ4v) is 8.53. The molecular weight excluding hydrogens is 643 g/mol. The Labute approximate surface area is 310 Å². The zero-order valence-electron chi connectivity index (χ0n) is 30.5. The van der Waals surface area contributed by atoms with Crippen molar-refractivity contribution in [2.75, 3.05) is 5.32 Å². The van der Waals surface area contributed by atoms with Gasteiger partial charge in [0.25, 0.3) is 0 Å². The van der Waals surface area contributed by atoms with E-state index in [9.17, 15) is 0 Å². The zero-order chi connectivity index (χ0) is 35.8. The summed E-state index contributed by atoms with van der Waals surface area (Å²) in [5.41, 5.74) is 18.0. The maximum atomic E-state index is 6.87. The third-order valence-corrected chi connectivity index (χ3v) is 11.1. The first-order chi connectivity index (χ1) is 25.8. The SMILES string of the molecule is Cc1cc(-c2ccccc2Nc2ccc(C(C)(C)C)cc2)c2c3c1c1ccccc1n3-c1cc3c(-c4ccccc4)c(-c4ccccc4)oc3cc1B2. The molecule has 1 aliphatic heterocycles. The highest BCUT2D eigenvalue weighted by molar-refractivity contribution is 6.73. The smallest absolute Gasteiger partial charge is 0.198 e. The molecule has 9 aromatic rings. The van der Waals surface area contributed by atoms with E-state index in [2.05, 4.69) is 189 Å². The highest BCUT2D eigenvalue weighted by Crippen LogP contribution is 2.44. The van der Waals surface area contributed by atoms with Crippen molar-refractivity contribution in [2.45, 2.75) is 33.1 Å². The molecule has 0 aliphatic carbocycles. The average molecular weight is 683 g/mol. The predicted molar refractivity (Wildman–Crippen MR) is 226 cm³/mol. The molecule has 0 unspecified atom stereocenters. The number of hydrogen-bond acceptors (Lipinski definition) is 2. The topological polar surface area (TPSA) is 30.1 Å². The fraction of sp³-hybridized carbons (Fsp3) is 0.102. The third kappa shape index (κ3) is 5.04. The van der Waals surface area contributed by atoms with E-state index < -0.39 is 0 Å². The number of para-hydroxylation sites is 2. The van der Waals surface area contributed by atoms with Gasteiger partial charge in [0.1, 0.15) is 11.3 Å². The minimum absolute atomic E-state index is 0.105. The van der Waals surface area contributed by atoms with Crippen molar-refractivity contribution in [3.63, 3.8) is 0 Å². The van der Waals surface area contributed by atoms with E-state index in [1.807, 2.05) is 0 Å². The van der Waals surface area contributed by atoms with Gasteiger partial charge in [0, 0.05) is 55.4 Å². The van der Waals surface area contributed by atoms with Gasteiger partial charge in [0.15, 0.2) is 7.28 Å². The molecule has 1 N–H and O–H groups in total. The number of anilines is 2. The van der Waals surface area contributed by atoms with Crippen LogP contribution in [0.5, 0.6) is 0 Å². The first kappa shape index (κ1) is 31.5. The summed E-state index contributed by atoms with van der Waals surface area (Å²) in [6.07, 6.45) is 0. The third-order valence-electron chi connectivity index (χ3n) is 11.1. The van der Waals surface area contributed by atoms with Crippen LogP contribution < -0.4 is 16.2 Å². The molecule has 254 valence electrons. The summed E-state index contributed by atoms with van der Waals surface area (Å²) in [4.78, 5) is 0. The van der Waals surface area contributed by atoms with Gasteiger partial charge in [-0.3, -0.25) is 0 Å². The van der Waals surface area contributed by atoms with Crippen LogP contribution in [0.4, 0.5) is 11.4 Å². The van der Waals surface area contributed by atoms with Crippen LogP contribution in [0.25, 0.3) is 72.0 Å². The summed E-state index contributed by atoms with van der Waals surface area (Å²) < 4.78 is 9.39. The minimum Gasteiger partial charge on any atom is -0.455 e. The fourth-order valence-electron chi connectivity index (χ4n) is 8.53. The predicted octanol–water partition coefficient (Wildman–Crippen LogP) is 11.6. The van der Waals surface area contributed by atoms with Crippen LogP contribution in [0, 0.1) is 6.92 Å². The van der Waals surface area contributed by atoms with Crippen molar-refractivity contribution >= 4 is 62.4 Å². The summed E-state index contributed by atoms with van der Waals surface area (Å²) in [5.74, 6) is 0.904. The number of aromatic nitrogens is 1. The quantitative estimate of drug-likeness (QED) is 0.183. The van der Waals surface area contributed by atoms with Crippen LogP contribution >= 0.6 is 0 Å². The average Bonchev–Trinajstić information content (AvgIpc) is 3.73. The molecule has 0 atom stereocenters. The number of rotatable bonds is 5. The minimum atomic E-state index is 0.105. The van der Waals surface area contributed by atoms with E-state index in [0.717, 1.165) is 52.1 Å². The molecular formula is C49H39BN2O. The van der Waals surface area contributed by atoms with Crippen LogP contribution in [-0.4, -0.2) is 11.8 Å². The second-order valence-corrected chi connectivity index (χ2v) is 15.5. The Morgan fingerprint density at radius 2 is 1.32 bits per heavy atom. The van der Waals surface area contributed by atoms with Gasteiger partial charge in [-0.2, -0.15) is 0 Å². The van der Waals surface area contributed by atoms with E-state index in [0.29, 0.717) is 0 Å². The molecule has 0 fully saturated rings. The summed E-state index contributed by atoms with van der Waals surface area (Å²) in [5, 5.41) is 7.53. The lowest BCUT2D eigenvalue weighted by Crippen LogP contribution is -2.37. The molecule has 0 bridgehead atoms. The number of benzene rings is 7. The monoisotopic (exact) mass is 682 g/mol. The Bertz CT molecular complexity index is 2860. The number of hydrogen-bond donors (Lipinski definition) is 1. The molecule has 0 radical (unpaired) electrons. The molecule has 3 heterocycles. The van der Waals surface area contributed by atoms with Crippen molar-refractivity contribution in [2.24, 2.45) is 0 Å². The Balaban J connectivity index is 1.21. The Morgan fingerprint density at radius 1 is 0.642 bits per heavy atom. The number of fused-ring (bicyclic) bond motifs is 6. The lowest BCUT2D eigenvalue weighted by molar-refractivity contribution is 0.590. The van der Waals surface area contributed by atoms with Crippen molar-refractivity contribution in [3.8, 4) is 39.3 Å². The van der Waals surface area contributed by atoms with Gasteiger partial charge in [-0.15, -0.1) is 0 Å². The lowest BCUT2D eigenvalue weighted by atomic mass is 9.58. The molecule has 53 heavy (non-hydrogen) atoms. The number of nitrogens with one attached hydrogen (secondary N) is 1. The van der Waals surface area contributed by atoms with Crippen molar-refractivity contribution in [3.05, 3.63) is 163 Å². The van der Waals surface area contributed by atoms with Gasteiger partial charge in [0.2, 0.25) is 0 Å². The highest BCUT2D eigenvalue weighted by Gasteiger charge is 2.29. The Hall–Kier alpha value is -6.26. The van der Waals surface area contributed by atoms with Gasteiger partial charge in [0.05, 0.1) is 5.52 Å². The van der Waals surface area contributed by atoms with E-state index in [1.54, 1.807) is 0 Å². The standard InChI is InChI=1S/C49H39BN2O/c1-30-27-37(35-19-11-13-21-40(35)51-34-25-23-33(24-26-34)49(2,3)4)46-47-44(30)36-20-12-14-22-41(36)52(47)42-28-38-43(29-39(42)50-46)53-48(32-17-9-6-10-18-32)45(38)31-15-7-5-8-16-31/h5-29,50-51H,1-4H3. The van der Waals surface area contributed by atoms with Crippen LogP contribution in [0.15, 0.2) is 156 Å². The van der Waals surface area contributed by atoms with Gasteiger partial charge >= 0.3 is 0 Å². The largest absolute Gasteiger partial charge is 0.455 e. The summed E-state index contributed by atoms with van der Waals surface area (Å²) in [6.45, 7) is 9.05. The zero-order valence-corrected chi connectivity index (χ0v) is 30.5. The Kier molecular flexibility index (Phi) is 7.07. The van der Waals surface area contributed by atoms with Crippen molar-refractivity contribution in [1.82, 2.24) is 4.57 Å². The van der Waals surface area contributed by atoms with Gasteiger partial charge in [-0.1, -0.05) is 141 Å². The first-order valence-corrected chi connectivity index (χ1v) is 18.6. The van der Waals surface area contributed by atoms with E-state index in [1.165, 1.54) is 60.7 Å². The molecule has 0 amide bonds. The highest BCUT2D eigenvalue weighted by atomic mass is 16.3. The first-order valence-electron chi connectivity index (χ1n) is 18.6. The number of aryl methyl sites for hydroxylation is 1. The maximum absolute atomic E-state index is 6.87. The summed E-state index contributed by atoms with van der Waals surface area (Å²) in [6, 6.07) is 54.8. The van der Waals surface area contributed by atoms with E-state index >= 15 is 0 Å². The maximum Gasteiger partial charge on any atom is 0.198 e. The normalized spacial score (nSPS) is 12.3. The molecule has 3 nitrogen and oxygen atoms in total. The summed E-state index contributed by atoms with van der Waals surface area (Å²) in [7, 11) is 0.796. The molecule has 2 aromatic heterocycles. The molecule has 10 rings (SSSR count). The molecule has 0 saturated heterocycles. The molecule has 4 heteroatoms. The Morgan fingerprint density at radius 3 is 2.08 bits per heavy atom. The molecule has 0 saturated carbocycles. The van der Waals surface area contributed by atoms with Crippen molar-refractivity contribution < 1.29 is 4.42 Å². The van der Waals surface area contributed by atoms with Crippen LogP contribution in [0.3, 0.4) is 0 Å².